The first kappa shape index (κ1) is 12.5. The molecule has 2 aromatic rings. The van der Waals surface area contributed by atoms with Crippen LogP contribution in [-0.4, -0.2) is 18.1 Å². The lowest BCUT2D eigenvalue weighted by Crippen LogP contribution is -2.17. The molecule has 1 aromatic carbocycles. The minimum Gasteiger partial charge on any atom is -0.379 e. The van der Waals surface area contributed by atoms with E-state index < -0.39 is 0 Å². The molecule has 0 unspecified atom stereocenters. The van der Waals surface area contributed by atoms with Crippen LogP contribution in [0.4, 0.5) is 11.4 Å². The fraction of sp³-hybridized carbons (Fsp3) is 0.400. The van der Waals surface area contributed by atoms with Gasteiger partial charge in [-0.2, -0.15) is 0 Å². The molecule has 0 spiro atoms. The number of aryl methyl sites for hydroxylation is 1. The largest absolute Gasteiger partial charge is 0.379 e. The summed E-state index contributed by atoms with van der Waals surface area (Å²) in [6, 6.07) is 6.70. The number of nitrogens with one attached hydrogen (secondary N) is 1. The van der Waals surface area contributed by atoms with E-state index in [1.807, 2.05) is 5.51 Å². The van der Waals surface area contributed by atoms with E-state index in [1.54, 1.807) is 11.3 Å². The van der Waals surface area contributed by atoms with Crippen molar-refractivity contribution in [3.05, 3.63) is 40.3 Å². The van der Waals surface area contributed by atoms with Crippen LogP contribution in [0.25, 0.3) is 0 Å². The Labute approximate surface area is 118 Å². The van der Waals surface area contributed by atoms with Gasteiger partial charge in [-0.25, -0.2) is 4.98 Å². The minimum atomic E-state index is 0.799. The summed E-state index contributed by atoms with van der Waals surface area (Å²) in [6.45, 7) is 5.37. The van der Waals surface area contributed by atoms with Crippen LogP contribution in [0.1, 0.15) is 24.1 Å². The minimum absolute atomic E-state index is 0.799. The average Bonchev–Trinajstić information content (AvgIpc) is 3.10. The summed E-state index contributed by atoms with van der Waals surface area (Å²) in [7, 11) is 0. The third-order valence-electron chi connectivity index (χ3n) is 3.62. The number of hydrogen-bond acceptors (Lipinski definition) is 4. The normalized spacial score (nSPS) is 14.9. The molecule has 0 amide bonds. The highest BCUT2D eigenvalue weighted by atomic mass is 32.1. The molecule has 2 heterocycles. The van der Waals surface area contributed by atoms with Gasteiger partial charge in [-0.1, -0.05) is 0 Å². The van der Waals surface area contributed by atoms with Gasteiger partial charge in [-0.05, 0) is 43.5 Å². The van der Waals surface area contributed by atoms with E-state index in [0.29, 0.717) is 0 Å². The predicted molar refractivity (Wildman–Crippen MR) is 82.1 cm³/mol. The number of anilines is 2. The molecule has 1 aromatic heterocycles. The molecule has 1 N–H and O–H groups in total. The zero-order valence-corrected chi connectivity index (χ0v) is 12.0. The van der Waals surface area contributed by atoms with Gasteiger partial charge in [0.1, 0.15) is 0 Å². The number of thiazole rings is 1. The van der Waals surface area contributed by atoms with Crippen molar-refractivity contribution in [2.75, 3.05) is 23.3 Å². The van der Waals surface area contributed by atoms with Gasteiger partial charge in [-0.3, -0.25) is 0 Å². The van der Waals surface area contributed by atoms with Gasteiger partial charge in [0.15, 0.2) is 0 Å². The molecular formula is C15H19N3S. The highest BCUT2D eigenvalue weighted by Crippen LogP contribution is 2.25. The van der Waals surface area contributed by atoms with Crippen molar-refractivity contribution in [2.24, 2.45) is 0 Å². The van der Waals surface area contributed by atoms with Crippen LogP contribution >= 0.6 is 11.3 Å². The highest BCUT2D eigenvalue weighted by Gasteiger charge is 2.12. The summed E-state index contributed by atoms with van der Waals surface area (Å²) < 4.78 is 0. The monoisotopic (exact) mass is 273 g/mol. The molecule has 1 aliphatic rings. The lowest BCUT2D eigenvalue weighted by molar-refractivity contribution is 0.949. The summed E-state index contributed by atoms with van der Waals surface area (Å²) in [5.41, 5.74) is 6.85. The molecule has 0 aliphatic carbocycles. The zero-order valence-electron chi connectivity index (χ0n) is 11.2. The van der Waals surface area contributed by atoms with Crippen molar-refractivity contribution in [2.45, 2.75) is 26.3 Å². The molecule has 100 valence electrons. The lowest BCUT2D eigenvalue weighted by Gasteiger charge is -2.19. The van der Waals surface area contributed by atoms with Gasteiger partial charge in [0, 0.05) is 29.8 Å². The summed E-state index contributed by atoms with van der Waals surface area (Å²) >= 11 is 1.64. The van der Waals surface area contributed by atoms with Gasteiger partial charge >= 0.3 is 0 Å². The van der Waals surface area contributed by atoms with Crippen molar-refractivity contribution in [1.82, 2.24) is 4.98 Å². The summed E-state index contributed by atoms with van der Waals surface area (Å²) in [6.07, 6.45) is 2.64. The van der Waals surface area contributed by atoms with Crippen LogP contribution in [0.2, 0.25) is 0 Å². The Hall–Kier alpha value is -1.55. The van der Waals surface area contributed by atoms with E-state index in [0.717, 1.165) is 12.2 Å². The number of benzene rings is 1. The molecule has 0 atom stereocenters. The number of aromatic nitrogens is 1. The maximum atomic E-state index is 4.29. The maximum Gasteiger partial charge on any atom is 0.0795 e. The van der Waals surface area contributed by atoms with Gasteiger partial charge < -0.3 is 10.2 Å². The Morgan fingerprint density at radius 1 is 1.32 bits per heavy atom. The van der Waals surface area contributed by atoms with Crippen LogP contribution in [0, 0.1) is 6.92 Å². The number of hydrogen-bond donors (Lipinski definition) is 1. The second-order valence-corrected chi connectivity index (χ2v) is 5.75. The Morgan fingerprint density at radius 2 is 2.16 bits per heavy atom. The third kappa shape index (κ3) is 2.89. The molecule has 3 rings (SSSR count). The first-order valence-electron chi connectivity index (χ1n) is 6.79. The van der Waals surface area contributed by atoms with Crippen molar-refractivity contribution in [3.63, 3.8) is 0 Å². The number of rotatable bonds is 4. The lowest BCUT2D eigenvalue weighted by atomic mass is 10.1. The summed E-state index contributed by atoms with van der Waals surface area (Å²) in [5, 5.41) is 5.54. The van der Waals surface area contributed by atoms with E-state index in [-0.39, 0.29) is 0 Å². The van der Waals surface area contributed by atoms with Gasteiger partial charge in [0.05, 0.1) is 17.7 Å². The quantitative estimate of drug-likeness (QED) is 0.921. The molecule has 4 heteroatoms. The van der Waals surface area contributed by atoms with Crippen LogP contribution in [0.15, 0.2) is 29.1 Å². The predicted octanol–water partition coefficient (Wildman–Crippen LogP) is 3.66. The Balaban J connectivity index is 1.68. The molecule has 3 nitrogen and oxygen atoms in total. The molecule has 1 saturated heterocycles. The SMILES string of the molecule is Cc1cc(N2CCCC2)ccc1NCc1cscn1. The average molecular weight is 273 g/mol. The Kier molecular flexibility index (Phi) is 3.69. The Bertz CT molecular complexity index is 530. The molecule has 0 bridgehead atoms. The molecular weight excluding hydrogens is 254 g/mol. The molecule has 0 radical (unpaired) electrons. The summed E-state index contributed by atoms with van der Waals surface area (Å²) in [4.78, 5) is 6.76. The van der Waals surface area contributed by atoms with E-state index in [9.17, 15) is 0 Å². The third-order valence-corrected chi connectivity index (χ3v) is 4.26. The van der Waals surface area contributed by atoms with Crippen molar-refractivity contribution in [1.29, 1.82) is 0 Å². The van der Waals surface area contributed by atoms with Crippen LogP contribution in [0.5, 0.6) is 0 Å². The fourth-order valence-electron chi connectivity index (χ4n) is 2.53. The van der Waals surface area contributed by atoms with E-state index in [2.05, 4.69) is 45.7 Å². The maximum absolute atomic E-state index is 4.29. The van der Waals surface area contributed by atoms with Crippen molar-refractivity contribution in [3.8, 4) is 0 Å². The standard InChI is InChI=1S/C15H19N3S/c1-12-8-14(18-6-2-3-7-18)4-5-15(12)16-9-13-10-19-11-17-13/h4-5,8,10-11,16H,2-3,6-7,9H2,1H3. The molecule has 19 heavy (non-hydrogen) atoms. The molecule has 0 saturated carbocycles. The smallest absolute Gasteiger partial charge is 0.0795 e. The fourth-order valence-corrected chi connectivity index (χ4v) is 3.09. The van der Waals surface area contributed by atoms with Crippen molar-refractivity contribution < 1.29 is 0 Å². The van der Waals surface area contributed by atoms with Crippen molar-refractivity contribution >= 4 is 22.7 Å². The molecule has 1 aliphatic heterocycles. The van der Waals surface area contributed by atoms with E-state index in [4.69, 9.17) is 0 Å². The van der Waals surface area contributed by atoms with E-state index in [1.165, 1.54) is 42.9 Å². The highest BCUT2D eigenvalue weighted by molar-refractivity contribution is 7.07. The second kappa shape index (κ2) is 5.61. The van der Waals surface area contributed by atoms with E-state index >= 15 is 0 Å². The first-order chi connectivity index (χ1) is 9.33. The van der Waals surface area contributed by atoms with Gasteiger partial charge in [0.25, 0.3) is 0 Å². The van der Waals surface area contributed by atoms with Crippen LogP contribution in [-0.2, 0) is 6.54 Å². The Morgan fingerprint density at radius 3 is 2.84 bits per heavy atom. The van der Waals surface area contributed by atoms with Gasteiger partial charge in [-0.15, -0.1) is 11.3 Å². The number of nitrogens with zero attached hydrogens (tertiary/aromatic N) is 2. The van der Waals surface area contributed by atoms with Crippen LogP contribution in [0.3, 0.4) is 0 Å². The molecule has 1 fully saturated rings. The second-order valence-electron chi connectivity index (χ2n) is 5.03. The summed E-state index contributed by atoms with van der Waals surface area (Å²) in [5.74, 6) is 0. The zero-order chi connectivity index (χ0) is 13.1. The van der Waals surface area contributed by atoms with Gasteiger partial charge in [0.2, 0.25) is 0 Å². The topological polar surface area (TPSA) is 28.2 Å². The van der Waals surface area contributed by atoms with Crippen LogP contribution < -0.4 is 10.2 Å². The first-order valence-corrected chi connectivity index (χ1v) is 7.74.